The number of nitrogens with one attached hydrogen (secondary N) is 2. The summed E-state index contributed by atoms with van der Waals surface area (Å²) in [5.41, 5.74) is 1.22. The second kappa shape index (κ2) is 6.67. The lowest BCUT2D eigenvalue weighted by Gasteiger charge is -2.13. The summed E-state index contributed by atoms with van der Waals surface area (Å²) in [5, 5.41) is 17.2. The number of halogens is 2. The van der Waals surface area contributed by atoms with Crippen LogP contribution in [-0.2, 0) is 0 Å². The summed E-state index contributed by atoms with van der Waals surface area (Å²) in [6.45, 7) is 1.83. The van der Waals surface area contributed by atoms with Gasteiger partial charge in [0.05, 0.1) is 4.92 Å². The molecule has 22 heavy (non-hydrogen) atoms. The van der Waals surface area contributed by atoms with Gasteiger partial charge in [-0.15, -0.1) is 0 Å². The second-order valence-electron chi connectivity index (χ2n) is 4.41. The molecule has 114 valence electrons. The standard InChI is InChI=1S/C14H11ClFN3O2S/c1-8-10(15)3-2-4-12(8)18-14(22)17-9-5-6-11(16)13(7-9)19(20)21/h2-7H,1H3,(H2,17,18,22). The van der Waals surface area contributed by atoms with Gasteiger partial charge in [-0.1, -0.05) is 17.7 Å². The van der Waals surface area contributed by atoms with Crippen LogP contribution < -0.4 is 10.6 Å². The topological polar surface area (TPSA) is 67.2 Å². The fraction of sp³-hybridized carbons (Fsp3) is 0.0714. The predicted octanol–water partition coefficient (Wildman–Crippen LogP) is 4.50. The van der Waals surface area contributed by atoms with Crippen LogP contribution in [0.5, 0.6) is 0 Å². The van der Waals surface area contributed by atoms with Crippen molar-refractivity contribution in [1.82, 2.24) is 0 Å². The first-order valence-corrected chi connectivity index (χ1v) is 6.94. The van der Waals surface area contributed by atoms with Crippen LogP contribution in [0.1, 0.15) is 5.56 Å². The Labute approximate surface area is 136 Å². The van der Waals surface area contributed by atoms with Gasteiger partial charge in [0.2, 0.25) is 5.82 Å². The number of rotatable bonds is 3. The van der Waals surface area contributed by atoms with Gasteiger partial charge in [-0.05, 0) is 49.0 Å². The van der Waals surface area contributed by atoms with E-state index >= 15 is 0 Å². The van der Waals surface area contributed by atoms with E-state index in [2.05, 4.69) is 10.6 Å². The molecule has 0 unspecified atom stereocenters. The van der Waals surface area contributed by atoms with Gasteiger partial charge < -0.3 is 10.6 Å². The third kappa shape index (κ3) is 3.69. The van der Waals surface area contributed by atoms with Gasteiger partial charge in [0.25, 0.3) is 0 Å². The molecule has 0 spiro atoms. The molecule has 0 saturated heterocycles. The molecule has 0 saturated carbocycles. The smallest absolute Gasteiger partial charge is 0.306 e. The first-order valence-electron chi connectivity index (χ1n) is 6.15. The summed E-state index contributed by atoms with van der Waals surface area (Å²) in [5.74, 6) is -0.903. The van der Waals surface area contributed by atoms with Gasteiger partial charge in [0.15, 0.2) is 5.11 Å². The van der Waals surface area contributed by atoms with E-state index in [1.807, 2.05) is 6.92 Å². The Bertz CT molecular complexity index is 755. The zero-order valence-corrected chi connectivity index (χ0v) is 13.0. The highest BCUT2D eigenvalue weighted by atomic mass is 35.5. The van der Waals surface area contributed by atoms with E-state index in [0.29, 0.717) is 16.4 Å². The van der Waals surface area contributed by atoms with Gasteiger partial charge in [-0.2, -0.15) is 4.39 Å². The molecule has 2 aromatic carbocycles. The molecule has 5 nitrogen and oxygen atoms in total. The van der Waals surface area contributed by atoms with Crippen LogP contribution in [0.25, 0.3) is 0 Å². The Morgan fingerprint density at radius 3 is 2.73 bits per heavy atom. The van der Waals surface area contributed by atoms with Crippen molar-refractivity contribution in [2.24, 2.45) is 0 Å². The van der Waals surface area contributed by atoms with E-state index in [0.717, 1.165) is 17.7 Å². The number of nitrogens with zero attached hydrogens (tertiary/aromatic N) is 1. The van der Waals surface area contributed by atoms with Crippen molar-refractivity contribution < 1.29 is 9.31 Å². The van der Waals surface area contributed by atoms with Crippen molar-refractivity contribution >= 4 is 46.0 Å². The molecule has 0 atom stereocenters. The number of benzene rings is 2. The van der Waals surface area contributed by atoms with E-state index in [-0.39, 0.29) is 5.11 Å². The average Bonchev–Trinajstić information content (AvgIpc) is 2.45. The zero-order valence-electron chi connectivity index (χ0n) is 11.4. The van der Waals surface area contributed by atoms with Gasteiger partial charge in [-0.3, -0.25) is 10.1 Å². The molecule has 0 aliphatic rings. The highest BCUT2D eigenvalue weighted by Gasteiger charge is 2.14. The molecule has 0 aromatic heterocycles. The summed E-state index contributed by atoms with van der Waals surface area (Å²) in [4.78, 5) is 9.91. The van der Waals surface area contributed by atoms with E-state index in [9.17, 15) is 14.5 Å². The van der Waals surface area contributed by atoms with Crippen molar-refractivity contribution in [1.29, 1.82) is 0 Å². The molecule has 2 aromatic rings. The molecule has 2 rings (SSSR count). The fourth-order valence-electron chi connectivity index (χ4n) is 1.76. The highest BCUT2D eigenvalue weighted by molar-refractivity contribution is 7.80. The lowest BCUT2D eigenvalue weighted by Crippen LogP contribution is -2.19. The molecule has 0 radical (unpaired) electrons. The monoisotopic (exact) mass is 339 g/mol. The lowest BCUT2D eigenvalue weighted by molar-refractivity contribution is -0.387. The number of thiocarbonyl (C=S) groups is 1. The Hall–Kier alpha value is -2.25. The van der Waals surface area contributed by atoms with Crippen LogP contribution in [0.3, 0.4) is 0 Å². The zero-order chi connectivity index (χ0) is 16.3. The van der Waals surface area contributed by atoms with Crippen LogP contribution >= 0.6 is 23.8 Å². The number of nitro groups is 1. The summed E-state index contributed by atoms with van der Waals surface area (Å²) < 4.78 is 13.3. The molecule has 0 fully saturated rings. The summed E-state index contributed by atoms with van der Waals surface area (Å²) in [6, 6.07) is 8.76. The number of anilines is 2. The van der Waals surface area contributed by atoms with Crippen LogP contribution in [0.15, 0.2) is 36.4 Å². The molecule has 0 aliphatic carbocycles. The SMILES string of the molecule is Cc1c(Cl)cccc1NC(=S)Nc1ccc(F)c([N+](=O)[O-])c1. The average molecular weight is 340 g/mol. The Morgan fingerprint density at radius 2 is 2.05 bits per heavy atom. The molecular formula is C14H11ClFN3O2S. The fourth-order valence-corrected chi connectivity index (χ4v) is 2.16. The molecule has 0 heterocycles. The Kier molecular flexibility index (Phi) is 4.89. The number of hydrogen-bond donors (Lipinski definition) is 2. The number of nitro benzene ring substituents is 1. The van der Waals surface area contributed by atoms with Crippen LogP contribution in [0.2, 0.25) is 5.02 Å². The van der Waals surface area contributed by atoms with Crippen LogP contribution in [0, 0.1) is 22.9 Å². The minimum atomic E-state index is -0.903. The molecule has 2 N–H and O–H groups in total. The minimum absolute atomic E-state index is 0.214. The maximum absolute atomic E-state index is 13.3. The molecule has 8 heteroatoms. The van der Waals surface area contributed by atoms with E-state index in [1.54, 1.807) is 18.2 Å². The van der Waals surface area contributed by atoms with Crippen molar-refractivity contribution in [3.8, 4) is 0 Å². The molecule has 0 bridgehead atoms. The summed E-state index contributed by atoms with van der Waals surface area (Å²) >= 11 is 11.1. The van der Waals surface area contributed by atoms with Gasteiger partial charge in [0, 0.05) is 22.5 Å². The maximum Gasteiger partial charge on any atom is 0.306 e. The third-order valence-electron chi connectivity index (χ3n) is 2.92. The second-order valence-corrected chi connectivity index (χ2v) is 5.23. The Morgan fingerprint density at radius 1 is 1.32 bits per heavy atom. The van der Waals surface area contributed by atoms with Gasteiger partial charge >= 0.3 is 5.69 Å². The minimum Gasteiger partial charge on any atom is -0.332 e. The van der Waals surface area contributed by atoms with Crippen molar-refractivity contribution in [3.05, 3.63) is 62.9 Å². The van der Waals surface area contributed by atoms with Crippen molar-refractivity contribution in [2.45, 2.75) is 6.92 Å². The first-order chi connectivity index (χ1) is 10.4. The first kappa shape index (κ1) is 16.1. The number of hydrogen-bond acceptors (Lipinski definition) is 3. The molecule has 0 amide bonds. The van der Waals surface area contributed by atoms with E-state index in [1.165, 1.54) is 6.07 Å². The summed E-state index contributed by atoms with van der Waals surface area (Å²) in [7, 11) is 0. The normalized spacial score (nSPS) is 10.1. The molecule has 0 aliphatic heterocycles. The van der Waals surface area contributed by atoms with Gasteiger partial charge in [0.1, 0.15) is 0 Å². The van der Waals surface area contributed by atoms with Crippen LogP contribution in [-0.4, -0.2) is 10.0 Å². The van der Waals surface area contributed by atoms with Gasteiger partial charge in [-0.25, -0.2) is 0 Å². The Balaban J connectivity index is 2.14. The summed E-state index contributed by atoms with van der Waals surface area (Å²) in [6.07, 6.45) is 0. The van der Waals surface area contributed by atoms with Crippen molar-refractivity contribution in [3.63, 3.8) is 0 Å². The van der Waals surface area contributed by atoms with Crippen molar-refractivity contribution in [2.75, 3.05) is 10.6 Å². The van der Waals surface area contributed by atoms with E-state index in [4.69, 9.17) is 23.8 Å². The third-order valence-corrected chi connectivity index (χ3v) is 3.53. The predicted molar refractivity (Wildman–Crippen MR) is 89.1 cm³/mol. The molecular weight excluding hydrogens is 329 g/mol. The maximum atomic E-state index is 13.3. The largest absolute Gasteiger partial charge is 0.332 e. The van der Waals surface area contributed by atoms with Crippen LogP contribution in [0.4, 0.5) is 21.5 Å². The highest BCUT2D eigenvalue weighted by Crippen LogP contribution is 2.24. The van der Waals surface area contributed by atoms with E-state index < -0.39 is 16.4 Å². The lowest BCUT2D eigenvalue weighted by atomic mass is 10.2. The quantitative estimate of drug-likeness (QED) is 0.489.